The summed E-state index contributed by atoms with van der Waals surface area (Å²) in [6.07, 6.45) is 1.76. The molecule has 0 aromatic carbocycles. The largest absolute Gasteiger partial charge is 0.496 e. The average molecular weight is 396 g/mol. The number of aromatic nitrogens is 1. The van der Waals surface area contributed by atoms with Gasteiger partial charge in [-0.2, -0.15) is 0 Å². The molecule has 0 spiro atoms. The summed E-state index contributed by atoms with van der Waals surface area (Å²) >= 11 is 6.54. The van der Waals surface area contributed by atoms with Crippen LogP contribution in [0.1, 0.15) is 33.3 Å². The zero-order valence-electron chi connectivity index (χ0n) is 17.3. The SMILES string of the molecule is Cc1c(B2OC(C)(C)C(C)(C)O2)cnc(OCCN2CCN(C)CC2)c1Cl. The van der Waals surface area contributed by atoms with Gasteiger partial charge >= 0.3 is 7.12 Å². The van der Waals surface area contributed by atoms with Gasteiger partial charge in [0, 0.05) is 44.4 Å². The normalized spacial score (nSPS) is 23.0. The summed E-state index contributed by atoms with van der Waals surface area (Å²) in [7, 11) is 1.68. The fourth-order valence-corrected chi connectivity index (χ4v) is 3.43. The van der Waals surface area contributed by atoms with E-state index >= 15 is 0 Å². The van der Waals surface area contributed by atoms with Crippen LogP contribution in [0.3, 0.4) is 0 Å². The summed E-state index contributed by atoms with van der Waals surface area (Å²) in [6.45, 7) is 15.9. The van der Waals surface area contributed by atoms with Crippen LogP contribution in [-0.4, -0.2) is 79.5 Å². The highest BCUT2D eigenvalue weighted by Crippen LogP contribution is 2.37. The van der Waals surface area contributed by atoms with Crippen LogP contribution in [0.4, 0.5) is 0 Å². The third-order valence-electron chi connectivity index (χ3n) is 6.02. The third-order valence-corrected chi connectivity index (χ3v) is 6.47. The van der Waals surface area contributed by atoms with Crippen molar-refractivity contribution in [1.82, 2.24) is 14.8 Å². The first-order chi connectivity index (χ1) is 12.6. The number of pyridine rings is 1. The summed E-state index contributed by atoms with van der Waals surface area (Å²) in [5.74, 6) is 0.476. The van der Waals surface area contributed by atoms with E-state index in [1.807, 2.05) is 34.6 Å². The van der Waals surface area contributed by atoms with Crippen LogP contribution in [0.2, 0.25) is 5.02 Å². The Morgan fingerprint density at radius 2 is 1.74 bits per heavy atom. The molecule has 0 N–H and O–H groups in total. The van der Waals surface area contributed by atoms with E-state index < -0.39 is 18.3 Å². The molecule has 0 amide bonds. The molecule has 27 heavy (non-hydrogen) atoms. The van der Waals surface area contributed by atoms with E-state index in [-0.39, 0.29) is 0 Å². The van der Waals surface area contributed by atoms with Crippen molar-refractivity contribution in [3.8, 4) is 5.88 Å². The van der Waals surface area contributed by atoms with Crippen LogP contribution in [0.25, 0.3) is 0 Å². The second-order valence-electron chi connectivity index (χ2n) is 8.54. The standard InChI is InChI=1S/C19H31BClN3O3/c1-14-15(20-26-18(2,3)19(4,5)27-20)13-22-17(16(14)21)25-12-11-24-9-7-23(6)8-10-24/h13H,7-12H2,1-6H3. The molecular formula is C19H31BClN3O3. The molecule has 6 nitrogen and oxygen atoms in total. The molecule has 1 aromatic heterocycles. The van der Waals surface area contributed by atoms with Crippen LogP contribution >= 0.6 is 11.6 Å². The molecule has 150 valence electrons. The lowest BCUT2D eigenvalue weighted by atomic mass is 9.77. The number of ether oxygens (including phenoxy) is 1. The predicted molar refractivity (Wildman–Crippen MR) is 109 cm³/mol. The van der Waals surface area contributed by atoms with Crippen LogP contribution in [-0.2, 0) is 9.31 Å². The van der Waals surface area contributed by atoms with E-state index in [1.54, 1.807) is 6.20 Å². The Balaban J connectivity index is 1.62. The number of hydrogen-bond donors (Lipinski definition) is 0. The third kappa shape index (κ3) is 4.43. The fraction of sp³-hybridized carbons (Fsp3) is 0.737. The molecular weight excluding hydrogens is 364 g/mol. The molecule has 0 bridgehead atoms. The smallest absolute Gasteiger partial charge is 0.475 e. The zero-order chi connectivity index (χ0) is 19.8. The molecule has 0 unspecified atom stereocenters. The maximum atomic E-state index is 6.54. The van der Waals surface area contributed by atoms with Gasteiger partial charge in [0.1, 0.15) is 11.6 Å². The average Bonchev–Trinajstić information content (AvgIpc) is 2.81. The summed E-state index contributed by atoms with van der Waals surface area (Å²) in [5.41, 5.74) is 0.951. The first-order valence-corrected chi connectivity index (χ1v) is 10.0. The maximum Gasteiger partial charge on any atom is 0.496 e. The van der Waals surface area contributed by atoms with Crippen molar-refractivity contribution in [3.05, 3.63) is 16.8 Å². The summed E-state index contributed by atoms with van der Waals surface area (Å²) < 4.78 is 18.1. The zero-order valence-corrected chi connectivity index (χ0v) is 18.1. The van der Waals surface area contributed by atoms with Crippen LogP contribution < -0.4 is 10.2 Å². The highest BCUT2D eigenvalue weighted by molar-refractivity contribution is 6.63. The van der Waals surface area contributed by atoms with Crippen molar-refractivity contribution < 1.29 is 14.0 Å². The summed E-state index contributed by atoms with van der Waals surface area (Å²) in [4.78, 5) is 9.18. The minimum absolute atomic E-state index is 0.395. The molecule has 2 saturated heterocycles. The number of piperazine rings is 1. The van der Waals surface area contributed by atoms with Gasteiger partial charge in [-0.1, -0.05) is 11.6 Å². The number of nitrogens with zero attached hydrogens (tertiary/aromatic N) is 3. The van der Waals surface area contributed by atoms with E-state index in [4.69, 9.17) is 25.6 Å². The van der Waals surface area contributed by atoms with Gasteiger partial charge in [-0.05, 0) is 47.2 Å². The molecule has 0 atom stereocenters. The van der Waals surface area contributed by atoms with Gasteiger partial charge in [-0.25, -0.2) is 4.98 Å². The lowest BCUT2D eigenvalue weighted by Gasteiger charge is -2.32. The van der Waals surface area contributed by atoms with Crippen molar-refractivity contribution in [1.29, 1.82) is 0 Å². The number of likely N-dealkylation sites (N-methyl/N-ethyl adjacent to an activating group) is 1. The minimum atomic E-state index is -0.473. The van der Waals surface area contributed by atoms with E-state index in [2.05, 4.69) is 21.8 Å². The number of hydrogen-bond acceptors (Lipinski definition) is 6. The molecule has 2 aliphatic heterocycles. The van der Waals surface area contributed by atoms with Crippen LogP contribution in [0.5, 0.6) is 5.88 Å². The van der Waals surface area contributed by atoms with Gasteiger partial charge < -0.3 is 18.9 Å². The topological polar surface area (TPSA) is 47.1 Å². The molecule has 2 fully saturated rings. The van der Waals surface area contributed by atoms with Crippen molar-refractivity contribution in [2.24, 2.45) is 0 Å². The number of rotatable bonds is 5. The molecule has 3 rings (SSSR count). The highest BCUT2D eigenvalue weighted by Gasteiger charge is 2.52. The Morgan fingerprint density at radius 1 is 1.15 bits per heavy atom. The maximum absolute atomic E-state index is 6.54. The minimum Gasteiger partial charge on any atom is -0.475 e. The van der Waals surface area contributed by atoms with Gasteiger partial charge in [0.2, 0.25) is 5.88 Å². The van der Waals surface area contributed by atoms with E-state index in [1.165, 1.54) is 0 Å². The molecule has 3 heterocycles. The molecule has 0 radical (unpaired) electrons. The van der Waals surface area contributed by atoms with Gasteiger partial charge in [0.15, 0.2) is 0 Å². The highest BCUT2D eigenvalue weighted by atomic mass is 35.5. The summed E-state index contributed by atoms with van der Waals surface area (Å²) in [5, 5.41) is 0.528. The second kappa shape index (κ2) is 7.87. The van der Waals surface area contributed by atoms with E-state index in [0.29, 0.717) is 17.5 Å². The molecule has 0 saturated carbocycles. The predicted octanol–water partition coefficient (Wildman–Crippen LogP) is 1.97. The Hall–Kier alpha value is -0.855. The van der Waals surface area contributed by atoms with E-state index in [9.17, 15) is 0 Å². The monoisotopic (exact) mass is 395 g/mol. The van der Waals surface area contributed by atoms with Gasteiger partial charge in [0.05, 0.1) is 11.2 Å². The fourth-order valence-electron chi connectivity index (χ4n) is 3.22. The Labute approximate surface area is 168 Å². The van der Waals surface area contributed by atoms with Crippen LogP contribution in [0.15, 0.2) is 6.20 Å². The van der Waals surface area contributed by atoms with E-state index in [0.717, 1.165) is 43.8 Å². The summed E-state index contributed by atoms with van der Waals surface area (Å²) in [6, 6.07) is 0. The Morgan fingerprint density at radius 3 is 2.33 bits per heavy atom. The number of halogens is 1. The molecule has 2 aliphatic rings. The van der Waals surface area contributed by atoms with Crippen LogP contribution in [0, 0.1) is 6.92 Å². The van der Waals surface area contributed by atoms with Gasteiger partial charge in [0.25, 0.3) is 0 Å². The molecule has 8 heteroatoms. The molecule has 0 aliphatic carbocycles. The van der Waals surface area contributed by atoms with Crippen molar-refractivity contribution in [3.63, 3.8) is 0 Å². The second-order valence-corrected chi connectivity index (χ2v) is 8.92. The van der Waals surface area contributed by atoms with Crippen molar-refractivity contribution in [2.45, 2.75) is 45.8 Å². The Bertz CT molecular complexity index is 662. The van der Waals surface area contributed by atoms with Crippen molar-refractivity contribution >= 4 is 24.2 Å². The Kier molecular flexibility index (Phi) is 6.09. The molecule has 1 aromatic rings. The first kappa shape index (κ1) is 20.9. The lowest BCUT2D eigenvalue weighted by Crippen LogP contribution is -2.45. The quantitative estimate of drug-likeness (QED) is 0.710. The lowest BCUT2D eigenvalue weighted by molar-refractivity contribution is 0.00578. The van der Waals surface area contributed by atoms with Crippen molar-refractivity contribution in [2.75, 3.05) is 46.4 Å². The van der Waals surface area contributed by atoms with Gasteiger partial charge in [-0.3, -0.25) is 4.90 Å². The first-order valence-electron chi connectivity index (χ1n) is 9.65. The van der Waals surface area contributed by atoms with Gasteiger partial charge in [-0.15, -0.1) is 0 Å².